The molecule has 0 radical (unpaired) electrons. The highest BCUT2D eigenvalue weighted by Crippen LogP contribution is 2.42. The molecule has 1 aromatic heterocycles. The maximum absolute atomic E-state index is 16.3. The molecule has 3 aromatic carbocycles. The molecule has 1 fully saturated rings. The Balaban J connectivity index is 1.72. The van der Waals surface area contributed by atoms with Gasteiger partial charge < -0.3 is 29.5 Å². The lowest BCUT2D eigenvalue weighted by atomic mass is 9.96. The van der Waals surface area contributed by atoms with Gasteiger partial charge in [-0.05, 0) is 34.5 Å². The van der Waals surface area contributed by atoms with Crippen molar-refractivity contribution in [2.45, 2.75) is 6.29 Å². The maximum atomic E-state index is 16.3. The van der Waals surface area contributed by atoms with Crippen LogP contribution in [0.5, 0.6) is 11.8 Å². The van der Waals surface area contributed by atoms with Crippen molar-refractivity contribution < 1.29 is 23.7 Å². The molecule has 0 atom stereocenters. The van der Waals surface area contributed by atoms with Crippen LogP contribution in [0.3, 0.4) is 0 Å². The van der Waals surface area contributed by atoms with Crippen LogP contribution in [0, 0.1) is 5.82 Å². The number of nitrogens with zero attached hydrogens (tertiary/aromatic N) is 3. The molecule has 0 unspecified atom stereocenters. The van der Waals surface area contributed by atoms with Gasteiger partial charge in [0.05, 0.1) is 5.02 Å². The normalized spacial score (nSPS) is 14.2. The number of aromatic hydroxyl groups is 1. The van der Waals surface area contributed by atoms with E-state index in [1.165, 1.54) is 20.3 Å². The van der Waals surface area contributed by atoms with Gasteiger partial charge in [-0.2, -0.15) is 9.97 Å². The highest BCUT2D eigenvalue weighted by atomic mass is 35.5. The molecule has 2 heterocycles. The van der Waals surface area contributed by atoms with Crippen molar-refractivity contribution in [3.8, 4) is 22.9 Å². The predicted octanol–water partition coefficient (Wildman–Crippen LogP) is 4.36. The summed E-state index contributed by atoms with van der Waals surface area (Å²) in [6.45, 7) is 2.92. The summed E-state index contributed by atoms with van der Waals surface area (Å²) in [6, 6.07) is 12.2. The lowest BCUT2D eigenvalue weighted by Gasteiger charge is -2.29. The number of hydrogen-bond acceptors (Lipinski definition) is 8. The first-order valence-corrected chi connectivity index (χ1v) is 11.9. The zero-order chi connectivity index (χ0) is 25.2. The molecular weight excluding hydrogens is 487 g/mol. The van der Waals surface area contributed by atoms with Crippen molar-refractivity contribution in [2.24, 2.45) is 0 Å². The third kappa shape index (κ3) is 4.62. The number of benzene rings is 3. The summed E-state index contributed by atoms with van der Waals surface area (Å²) in [4.78, 5) is 11.1. The average molecular weight is 513 g/mol. The maximum Gasteiger partial charge on any atom is 0.319 e. The molecule has 0 saturated carbocycles. The summed E-state index contributed by atoms with van der Waals surface area (Å²) in [5, 5.41) is 15.9. The molecule has 1 aliphatic heterocycles. The van der Waals surface area contributed by atoms with Crippen LogP contribution in [0.25, 0.3) is 32.8 Å². The van der Waals surface area contributed by atoms with Gasteiger partial charge in [-0.15, -0.1) is 0 Å². The molecule has 0 amide bonds. The van der Waals surface area contributed by atoms with E-state index >= 15 is 4.39 Å². The molecule has 4 aromatic rings. The summed E-state index contributed by atoms with van der Waals surface area (Å²) < 4.78 is 32.5. The minimum Gasteiger partial charge on any atom is -0.508 e. The predicted molar refractivity (Wildman–Crippen MR) is 137 cm³/mol. The fraction of sp³-hybridized carbons (Fsp3) is 0.308. The van der Waals surface area contributed by atoms with Gasteiger partial charge in [0.1, 0.15) is 23.7 Å². The molecule has 188 valence electrons. The number of nitrogens with one attached hydrogen (secondary N) is 1. The zero-order valence-corrected chi connectivity index (χ0v) is 20.7. The Morgan fingerprint density at radius 3 is 2.58 bits per heavy atom. The van der Waals surface area contributed by atoms with E-state index in [-0.39, 0.29) is 34.5 Å². The van der Waals surface area contributed by atoms with Crippen LogP contribution in [0.4, 0.5) is 10.2 Å². The van der Waals surface area contributed by atoms with Crippen molar-refractivity contribution in [3.63, 3.8) is 0 Å². The van der Waals surface area contributed by atoms with Crippen LogP contribution >= 0.6 is 11.6 Å². The van der Waals surface area contributed by atoms with Crippen LogP contribution in [-0.4, -0.2) is 68.4 Å². The first-order chi connectivity index (χ1) is 17.5. The first kappa shape index (κ1) is 24.5. The molecule has 5 rings (SSSR count). The van der Waals surface area contributed by atoms with E-state index in [1.807, 2.05) is 24.3 Å². The summed E-state index contributed by atoms with van der Waals surface area (Å²) in [7, 11) is 3.00. The van der Waals surface area contributed by atoms with Crippen molar-refractivity contribution in [3.05, 3.63) is 53.3 Å². The second-order valence-electron chi connectivity index (χ2n) is 8.44. The highest BCUT2D eigenvalue weighted by molar-refractivity contribution is 6.35. The second kappa shape index (κ2) is 10.4. The number of hydrogen-bond donors (Lipinski definition) is 2. The van der Waals surface area contributed by atoms with E-state index in [2.05, 4.69) is 20.2 Å². The second-order valence-corrected chi connectivity index (χ2v) is 8.84. The summed E-state index contributed by atoms with van der Waals surface area (Å²) in [6.07, 6.45) is -0.629. The van der Waals surface area contributed by atoms with Crippen LogP contribution in [0.1, 0.15) is 0 Å². The number of phenols is 1. The van der Waals surface area contributed by atoms with E-state index in [0.717, 1.165) is 23.9 Å². The molecule has 1 aliphatic rings. The molecule has 2 N–H and O–H groups in total. The zero-order valence-electron chi connectivity index (χ0n) is 19.9. The van der Waals surface area contributed by atoms with Gasteiger partial charge in [0.2, 0.25) is 0 Å². The SMILES string of the molecule is COC(COc1nc(N2CCNCC2)c2cc(Cl)c(-c3cc(O)cc4ccccc34)c(F)c2n1)OC. The van der Waals surface area contributed by atoms with Crippen LogP contribution in [0.15, 0.2) is 42.5 Å². The Hall–Kier alpha value is -3.24. The van der Waals surface area contributed by atoms with E-state index in [1.54, 1.807) is 12.1 Å². The minimum atomic E-state index is -0.629. The van der Waals surface area contributed by atoms with Gasteiger partial charge in [0.15, 0.2) is 12.1 Å². The van der Waals surface area contributed by atoms with Gasteiger partial charge in [0.25, 0.3) is 0 Å². The Morgan fingerprint density at radius 1 is 1.08 bits per heavy atom. The quantitative estimate of drug-likeness (QED) is 0.353. The van der Waals surface area contributed by atoms with E-state index < -0.39 is 12.1 Å². The molecular formula is C26H26ClFN4O4. The number of fused-ring (bicyclic) bond motifs is 2. The number of halogens is 2. The topological polar surface area (TPSA) is 89.0 Å². The summed E-state index contributed by atoms with van der Waals surface area (Å²) in [5.41, 5.74) is 0.698. The molecule has 0 spiro atoms. The summed E-state index contributed by atoms with van der Waals surface area (Å²) in [5.74, 6) is -0.0689. The van der Waals surface area contributed by atoms with Gasteiger partial charge in [-0.3, -0.25) is 0 Å². The number of ether oxygens (including phenoxy) is 3. The van der Waals surface area contributed by atoms with Gasteiger partial charge in [-0.1, -0.05) is 35.9 Å². The standard InChI is InChI=1S/C26H26ClFN4O4/c1-34-21(35-2)14-36-26-30-24-19(25(31-26)32-9-7-29-8-10-32)13-20(27)22(23(24)28)18-12-16(33)11-15-5-3-4-6-17(15)18/h3-6,11-13,21,29,33H,7-10,14H2,1-2H3. The Bertz CT molecular complexity index is 1410. The molecule has 8 nitrogen and oxygen atoms in total. The minimum absolute atomic E-state index is 0.00284. The van der Waals surface area contributed by atoms with Crippen molar-refractivity contribution in [1.82, 2.24) is 15.3 Å². The smallest absolute Gasteiger partial charge is 0.319 e. The Labute approximate surface area is 212 Å². The fourth-order valence-corrected chi connectivity index (χ4v) is 4.76. The van der Waals surface area contributed by atoms with Crippen LogP contribution < -0.4 is 15.0 Å². The molecule has 0 bridgehead atoms. The highest BCUT2D eigenvalue weighted by Gasteiger charge is 2.24. The van der Waals surface area contributed by atoms with Crippen LogP contribution in [-0.2, 0) is 9.47 Å². The number of piperazine rings is 1. The molecule has 1 saturated heterocycles. The Morgan fingerprint density at radius 2 is 1.83 bits per heavy atom. The fourth-order valence-electron chi connectivity index (χ4n) is 4.47. The third-order valence-corrected chi connectivity index (χ3v) is 6.55. The third-order valence-electron chi connectivity index (χ3n) is 6.25. The summed E-state index contributed by atoms with van der Waals surface area (Å²) >= 11 is 6.71. The number of aromatic nitrogens is 2. The van der Waals surface area contributed by atoms with Crippen molar-refractivity contribution in [2.75, 3.05) is 51.9 Å². The molecule has 10 heteroatoms. The van der Waals surface area contributed by atoms with E-state index in [9.17, 15) is 5.11 Å². The largest absolute Gasteiger partial charge is 0.508 e. The van der Waals surface area contributed by atoms with Crippen molar-refractivity contribution >= 4 is 39.1 Å². The molecule has 36 heavy (non-hydrogen) atoms. The monoisotopic (exact) mass is 512 g/mol. The van der Waals surface area contributed by atoms with Gasteiger partial charge >= 0.3 is 6.01 Å². The number of phenolic OH excluding ortho intramolecular Hbond substituents is 1. The lowest BCUT2D eigenvalue weighted by Crippen LogP contribution is -2.44. The lowest BCUT2D eigenvalue weighted by molar-refractivity contribution is -0.123. The van der Waals surface area contributed by atoms with Gasteiger partial charge in [0, 0.05) is 51.3 Å². The first-order valence-electron chi connectivity index (χ1n) is 11.6. The number of anilines is 1. The van der Waals surface area contributed by atoms with Crippen LogP contribution in [0.2, 0.25) is 5.02 Å². The average Bonchev–Trinajstić information content (AvgIpc) is 2.89. The number of rotatable bonds is 7. The van der Waals surface area contributed by atoms with E-state index in [4.69, 9.17) is 25.8 Å². The molecule has 0 aliphatic carbocycles. The Kier molecular flexibility index (Phi) is 7.06. The van der Waals surface area contributed by atoms with Crippen molar-refractivity contribution in [1.29, 1.82) is 0 Å². The number of methoxy groups -OCH3 is 2. The van der Waals surface area contributed by atoms with E-state index in [0.29, 0.717) is 29.9 Å². The van der Waals surface area contributed by atoms with Gasteiger partial charge in [-0.25, -0.2) is 4.39 Å².